The molecule has 2 atom stereocenters. The lowest BCUT2D eigenvalue weighted by molar-refractivity contribution is -0.729. The average Bonchev–Trinajstić information content (AvgIpc) is 2.61. The van der Waals surface area contributed by atoms with Gasteiger partial charge in [-0.2, -0.15) is 0 Å². The lowest BCUT2D eigenvalue weighted by Crippen LogP contribution is -2.85. The summed E-state index contributed by atoms with van der Waals surface area (Å²) in [7, 11) is 1.68. The topological polar surface area (TPSA) is 71.6 Å². The van der Waals surface area contributed by atoms with Crippen molar-refractivity contribution in [1.82, 2.24) is 9.97 Å². The third-order valence-corrected chi connectivity index (χ3v) is 4.27. The smallest absolute Gasteiger partial charge is 0.258 e. The first kappa shape index (κ1) is 16.2. The second kappa shape index (κ2) is 6.84. The van der Waals surface area contributed by atoms with Gasteiger partial charge in [0.1, 0.15) is 17.8 Å². The molecule has 0 amide bonds. The van der Waals surface area contributed by atoms with Gasteiger partial charge in [-0.15, -0.1) is 0 Å². The van der Waals surface area contributed by atoms with Crippen molar-refractivity contribution in [2.24, 2.45) is 0 Å². The minimum atomic E-state index is -0.0965. The van der Waals surface area contributed by atoms with Crippen LogP contribution in [0.15, 0.2) is 53.3 Å². The number of ether oxygens (including phenoxy) is 1. The molecule has 3 aromatic rings. The number of fused-ring (bicyclic) bond motifs is 1. The first-order valence-corrected chi connectivity index (χ1v) is 8.07. The average molecular weight is 324 g/mol. The molecular weight excluding hydrogens is 302 g/mol. The molecule has 0 fully saturated rings. The number of quaternary nitrogens is 1. The van der Waals surface area contributed by atoms with Crippen LogP contribution in [0.25, 0.3) is 10.9 Å². The number of hydrogen-bond acceptors (Lipinski definition) is 3. The molecule has 0 spiro atoms. The molecule has 0 aliphatic rings. The van der Waals surface area contributed by atoms with E-state index in [1.807, 2.05) is 43.3 Å². The highest BCUT2D eigenvalue weighted by Crippen LogP contribution is 2.22. The van der Waals surface area contributed by atoms with Gasteiger partial charge in [-0.25, -0.2) is 4.98 Å². The molecule has 124 valence electrons. The van der Waals surface area contributed by atoms with Gasteiger partial charge in [0.2, 0.25) is 0 Å². The number of H-pyrrole nitrogens is 1. The Morgan fingerprint density at radius 1 is 1.04 bits per heavy atom. The maximum absolute atomic E-state index is 12.2. The van der Waals surface area contributed by atoms with E-state index in [9.17, 15) is 4.79 Å². The van der Waals surface area contributed by atoms with Gasteiger partial charge in [0.05, 0.1) is 23.6 Å². The summed E-state index contributed by atoms with van der Waals surface area (Å²) in [5, 5.41) is 2.79. The van der Waals surface area contributed by atoms with Crippen molar-refractivity contribution in [1.29, 1.82) is 0 Å². The zero-order chi connectivity index (χ0) is 17.1. The molecule has 1 aromatic heterocycles. The normalized spacial score (nSPS) is 13.6. The number of para-hydroxylation sites is 2. The number of rotatable bonds is 5. The van der Waals surface area contributed by atoms with E-state index in [1.165, 1.54) is 0 Å². The molecule has 5 nitrogen and oxygen atoms in total. The lowest BCUT2D eigenvalue weighted by atomic mass is 10.1. The van der Waals surface area contributed by atoms with Crippen molar-refractivity contribution < 1.29 is 10.1 Å². The molecule has 5 heteroatoms. The number of nitrogens with two attached hydrogens (primary N) is 1. The molecule has 3 rings (SSSR count). The summed E-state index contributed by atoms with van der Waals surface area (Å²) in [4.78, 5) is 19.7. The van der Waals surface area contributed by atoms with Crippen molar-refractivity contribution in [3.63, 3.8) is 0 Å². The van der Waals surface area contributed by atoms with E-state index in [-0.39, 0.29) is 17.6 Å². The van der Waals surface area contributed by atoms with E-state index in [0.29, 0.717) is 11.2 Å². The van der Waals surface area contributed by atoms with Crippen LogP contribution in [-0.4, -0.2) is 17.1 Å². The Morgan fingerprint density at radius 3 is 2.54 bits per heavy atom. The summed E-state index contributed by atoms with van der Waals surface area (Å²) < 4.78 is 5.44. The molecule has 24 heavy (non-hydrogen) atoms. The standard InChI is InChI=1S/C19H21N3O2/c1-12(14-8-5-7-11-17(14)24-3)20-13(2)18-21-16-10-6-4-9-15(16)19(23)22-18/h4-13,20H,1-3H3,(H,21,22,23)/p+1/t12-,13-/m0/s1. The van der Waals surface area contributed by atoms with Gasteiger partial charge >= 0.3 is 0 Å². The monoisotopic (exact) mass is 324 g/mol. The van der Waals surface area contributed by atoms with E-state index in [0.717, 1.165) is 16.8 Å². The zero-order valence-corrected chi connectivity index (χ0v) is 14.1. The number of aromatic amines is 1. The van der Waals surface area contributed by atoms with Gasteiger partial charge in [0.25, 0.3) is 5.56 Å². The number of hydrogen-bond donors (Lipinski definition) is 2. The van der Waals surface area contributed by atoms with Gasteiger partial charge in [-0.1, -0.05) is 24.3 Å². The second-order valence-corrected chi connectivity index (χ2v) is 5.98. The predicted octanol–water partition coefficient (Wildman–Crippen LogP) is 2.32. The molecule has 0 saturated carbocycles. The highest BCUT2D eigenvalue weighted by atomic mass is 16.5. The predicted molar refractivity (Wildman–Crippen MR) is 94.1 cm³/mol. The van der Waals surface area contributed by atoms with Crippen molar-refractivity contribution in [3.05, 3.63) is 70.3 Å². The van der Waals surface area contributed by atoms with Gasteiger partial charge in [-0.3, -0.25) is 4.79 Å². The van der Waals surface area contributed by atoms with Gasteiger partial charge < -0.3 is 15.0 Å². The van der Waals surface area contributed by atoms with E-state index >= 15 is 0 Å². The van der Waals surface area contributed by atoms with E-state index in [4.69, 9.17) is 4.74 Å². The van der Waals surface area contributed by atoms with Crippen LogP contribution in [0.3, 0.4) is 0 Å². The summed E-state index contributed by atoms with van der Waals surface area (Å²) in [6.07, 6.45) is 0. The number of aromatic nitrogens is 2. The fourth-order valence-corrected chi connectivity index (χ4v) is 2.99. The number of methoxy groups -OCH3 is 1. The second-order valence-electron chi connectivity index (χ2n) is 5.98. The summed E-state index contributed by atoms with van der Waals surface area (Å²) >= 11 is 0. The molecule has 0 aliphatic heterocycles. The maximum atomic E-state index is 12.2. The Hall–Kier alpha value is -2.66. The van der Waals surface area contributed by atoms with Crippen LogP contribution in [0, 0.1) is 0 Å². The molecule has 0 unspecified atom stereocenters. The molecule has 1 heterocycles. The van der Waals surface area contributed by atoms with Crippen LogP contribution < -0.4 is 15.6 Å². The summed E-state index contributed by atoms with van der Waals surface area (Å²) in [5.74, 6) is 1.55. The lowest BCUT2D eigenvalue weighted by Gasteiger charge is -2.18. The quantitative estimate of drug-likeness (QED) is 0.756. The van der Waals surface area contributed by atoms with Crippen molar-refractivity contribution in [3.8, 4) is 5.75 Å². The molecule has 3 N–H and O–H groups in total. The van der Waals surface area contributed by atoms with Crippen molar-refractivity contribution in [2.75, 3.05) is 7.11 Å². The number of nitrogens with zero attached hydrogens (tertiary/aromatic N) is 1. The van der Waals surface area contributed by atoms with Gasteiger partial charge in [0.15, 0.2) is 5.82 Å². The number of benzene rings is 2. The highest BCUT2D eigenvalue weighted by molar-refractivity contribution is 5.77. The summed E-state index contributed by atoms with van der Waals surface area (Å²) in [6, 6.07) is 15.6. The maximum Gasteiger partial charge on any atom is 0.258 e. The Kier molecular flexibility index (Phi) is 4.62. The van der Waals surface area contributed by atoms with Crippen molar-refractivity contribution >= 4 is 10.9 Å². The van der Waals surface area contributed by atoms with Crippen LogP contribution in [0.1, 0.15) is 37.3 Å². The largest absolute Gasteiger partial charge is 0.496 e. The van der Waals surface area contributed by atoms with Crippen LogP contribution in [0.2, 0.25) is 0 Å². The molecule has 0 radical (unpaired) electrons. The third kappa shape index (κ3) is 3.16. The van der Waals surface area contributed by atoms with Crippen LogP contribution >= 0.6 is 0 Å². The third-order valence-electron chi connectivity index (χ3n) is 4.27. The first-order valence-electron chi connectivity index (χ1n) is 8.07. The van der Waals surface area contributed by atoms with Gasteiger partial charge in [-0.05, 0) is 38.1 Å². The van der Waals surface area contributed by atoms with E-state index in [1.54, 1.807) is 13.2 Å². The zero-order valence-electron chi connectivity index (χ0n) is 14.1. The van der Waals surface area contributed by atoms with Crippen LogP contribution in [0.5, 0.6) is 5.75 Å². The van der Waals surface area contributed by atoms with E-state index < -0.39 is 0 Å². The molecule has 2 aromatic carbocycles. The number of nitrogens with one attached hydrogen (secondary N) is 1. The Balaban J connectivity index is 1.87. The van der Waals surface area contributed by atoms with Crippen LogP contribution in [-0.2, 0) is 0 Å². The fraction of sp³-hybridized carbons (Fsp3) is 0.263. The molecule has 0 saturated heterocycles. The SMILES string of the molecule is COc1ccccc1[C@H](C)[NH2+][C@@H](C)c1nc2ccccc2c(=O)[nH]1. The van der Waals surface area contributed by atoms with E-state index in [2.05, 4.69) is 28.3 Å². The molecule has 0 bridgehead atoms. The molecular formula is C19H22N3O2+. The van der Waals surface area contributed by atoms with Gasteiger partial charge in [0, 0.05) is 0 Å². The fourth-order valence-electron chi connectivity index (χ4n) is 2.99. The summed E-state index contributed by atoms with van der Waals surface area (Å²) in [5.41, 5.74) is 1.75. The Morgan fingerprint density at radius 2 is 1.75 bits per heavy atom. The highest BCUT2D eigenvalue weighted by Gasteiger charge is 2.20. The first-order chi connectivity index (χ1) is 11.6. The Labute approximate surface area is 140 Å². The van der Waals surface area contributed by atoms with Crippen LogP contribution in [0.4, 0.5) is 0 Å². The molecule has 0 aliphatic carbocycles. The minimum Gasteiger partial charge on any atom is -0.496 e. The summed E-state index contributed by atoms with van der Waals surface area (Å²) in [6.45, 7) is 4.16. The Bertz CT molecular complexity index is 904. The van der Waals surface area contributed by atoms with Crippen molar-refractivity contribution in [2.45, 2.75) is 25.9 Å². The minimum absolute atomic E-state index is 0.0159.